The van der Waals surface area contributed by atoms with Crippen LogP contribution in [-0.4, -0.2) is 39.0 Å². The first-order valence-electron chi connectivity index (χ1n) is 9.79. The van der Waals surface area contributed by atoms with Gasteiger partial charge in [0.2, 0.25) is 0 Å². The van der Waals surface area contributed by atoms with Gasteiger partial charge in [0.15, 0.2) is 0 Å². The van der Waals surface area contributed by atoms with Crippen molar-refractivity contribution in [2.24, 2.45) is 5.92 Å². The Kier molecular flexibility index (Phi) is 5.73. The zero-order valence-electron chi connectivity index (χ0n) is 15.2. The topological polar surface area (TPSA) is 34.0 Å². The Morgan fingerprint density at radius 3 is 2.39 bits per heavy atom. The smallest absolute Gasteiger partial charge is 0.0858 e. The molecule has 130 valence electrons. The van der Waals surface area contributed by atoms with Gasteiger partial charge in [0, 0.05) is 31.2 Å². The molecule has 0 aromatic carbocycles. The van der Waals surface area contributed by atoms with Gasteiger partial charge in [-0.3, -0.25) is 0 Å². The van der Waals surface area contributed by atoms with Gasteiger partial charge < -0.3 is 4.90 Å². The summed E-state index contributed by atoms with van der Waals surface area (Å²) in [6, 6.07) is 1.27. The van der Waals surface area contributed by atoms with Crippen LogP contribution in [0.5, 0.6) is 0 Å². The molecule has 0 bridgehead atoms. The molecule has 0 N–H and O–H groups in total. The highest BCUT2D eigenvalue weighted by molar-refractivity contribution is 5.03. The molecule has 1 aliphatic carbocycles. The van der Waals surface area contributed by atoms with Gasteiger partial charge in [0.25, 0.3) is 0 Å². The van der Waals surface area contributed by atoms with E-state index in [1.165, 1.54) is 70.2 Å². The lowest BCUT2D eigenvalue weighted by Crippen LogP contribution is -2.41. The van der Waals surface area contributed by atoms with E-state index >= 15 is 0 Å². The van der Waals surface area contributed by atoms with E-state index in [0.717, 1.165) is 5.92 Å². The van der Waals surface area contributed by atoms with E-state index in [4.69, 9.17) is 0 Å². The minimum absolute atomic E-state index is 0.558. The highest BCUT2D eigenvalue weighted by atomic mass is 15.4. The molecule has 0 unspecified atom stereocenters. The lowest BCUT2D eigenvalue weighted by molar-refractivity contribution is 0.125. The largest absolute Gasteiger partial charge is 0.300 e. The summed E-state index contributed by atoms with van der Waals surface area (Å²) in [5.74, 6) is 1.46. The predicted octanol–water partition coefficient (Wildman–Crippen LogP) is 4.40. The summed E-state index contributed by atoms with van der Waals surface area (Å²) in [6.07, 6.45) is 12.7. The Balaban J connectivity index is 1.52. The van der Waals surface area contributed by atoms with Crippen molar-refractivity contribution >= 4 is 0 Å². The van der Waals surface area contributed by atoms with Gasteiger partial charge in [-0.15, -0.1) is 5.10 Å². The molecule has 2 fully saturated rings. The predicted molar refractivity (Wildman–Crippen MR) is 94.6 cm³/mol. The van der Waals surface area contributed by atoms with Crippen LogP contribution in [0.4, 0.5) is 0 Å². The van der Waals surface area contributed by atoms with Crippen molar-refractivity contribution in [3.8, 4) is 0 Å². The van der Waals surface area contributed by atoms with E-state index in [1.807, 2.05) is 0 Å². The quantitative estimate of drug-likeness (QED) is 0.807. The molecule has 1 saturated heterocycles. The lowest BCUT2D eigenvalue weighted by atomic mass is 9.87. The average Bonchev–Trinajstić information content (AvgIpc) is 3.05. The van der Waals surface area contributed by atoms with Crippen LogP contribution in [0.25, 0.3) is 0 Å². The highest BCUT2D eigenvalue weighted by Crippen LogP contribution is 2.32. The van der Waals surface area contributed by atoms with Crippen LogP contribution < -0.4 is 0 Å². The first-order chi connectivity index (χ1) is 11.1. The molecular formula is C19H34N4. The zero-order chi connectivity index (χ0) is 16.2. The molecule has 1 atom stereocenters. The molecule has 23 heavy (non-hydrogen) atoms. The number of likely N-dealkylation sites (tertiary alicyclic amines) is 1. The fraction of sp³-hybridized carbons (Fsp3) is 0.895. The van der Waals surface area contributed by atoms with E-state index in [-0.39, 0.29) is 0 Å². The maximum Gasteiger partial charge on any atom is 0.0858 e. The van der Waals surface area contributed by atoms with Crippen LogP contribution in [0.3, 0.4) is 0 Å². The number of aromatic nitrogens is 3. The summed E-state index contributed by atoms with van der Waals surface area (Å²) >= 11 is 0. The Morgan fingerprint density at radius 2 is 1.74 bits per heavy atom. The SMILES string of the molecule is CC(C)C[C@@H](C)N1CCC(n2cc(C3CCCCC3)nn2)CC1. The summed E-state index contributed by atoms with van der Waals surface area (Å²) in [6.45, 7) is 9.45. The van der Waals surface area contributed by atoms with Gasteiger partial charge in [-0.1, -0.05) is 38.3 Å². The highest BCUT2D eigenvalue weighted by Gasteiger charge is 2.26. The average molecular weight is 319 g/mol. The standard InChI is InChI=1S/C19H34N4/c1-15(2)13-16(3)22-11-9-18(10-12-22)23-14-19(20-21-23)17-7-5-4-6-8-17/h14-18H,4-13H2,1-3H3/t16-/m1/s1. The van der Waals surface area contributed by atoms with Crippen molar-refractivity contribution in [1.82, 2.24) is 19.9 Å². The molecule has 4 heteroatoms. The zero-order valence-corrected chi connectivity index (χ0v) is 15.2. The van der Waals surface area contributed by atoms with E-state index < -0.39 is 0 Å². The molecule has 0 radical (unpaired) electrons. The molecule has 1 aromatic heterocycles. The van der Waals surface area contributed by atoms with Crippen molar-refractivity contribution in [3.63, 3.8) is 0 Å². The summed E-state index contributed by atoms with van der Waals surface area (Å²) in [4.78, 5) is 2.66. The first-order valence-corrected chi connectivity index (χ1v) is 9.79. The van der Waals surface area contributed by atoms with Gasteiger partial charge in [-0.25, -0.2) is 4.68 Å². The molecular weight excluding hydrogens is 284 g/mol. The molecule has 3 rings (SSSR count). The van der Waals surface area contributed by atoms with E-state index in [1.54, 1.807) is 0 Å². The van der Waals surface area contributed by atoms with Gasteiger partial charge in [0.1, 0.15) is 0 Å². The van der Waals surface area contributed by atoms with Gasteiger partial charge >= 0.3 is 0 Å². The number of piperidine rings is 1. The third-order valence-electron chi connectivity index (χ3n) is 5.86. The van der Waals surface area contributed by atoms with Crippen molar-refractivity contribution in [3.05, 3.63) is 11.9 Å². The molecule has 2 heterocycles. The van der Waals surface area contributed by atoms with Crippen LogP contribution in [0.15, 0.2) is 6.20 Å². The second kappa shape index (κ2) is 7.78. The van der Waals surface area contributed by atoms with Crippen LogP contribution in [-0.2, 0) is 0 Å². The normalized spacial score (nSPS) is 23.5. The maximum absolute atomic E-state index is 4.51. The second-order valence-electron chi connectivity index (χ2n) is 8.20. The Bertz CT molecular complexity index is 467. The van der Waals surface area contributed by atoms with E-state index in [9.17, 15) is 0 Å². The number of nitrogens with zero attached hydrogens (tertiary/aromatic N) is 4. The van der Waals surface area contributed by atoms with Gasteiger partial charge in [0.05, 0.1) is 11.7 Å². The lowest BCUT2D eigenvalue weighted by Gasteiger charge is -2.36. The minimum Gasteiger partial charge on any atom is -0.300 e. The molecule has 1 aromatic rings. The molecule has 1 saturated carbocycles. The summed E-state index contributed by atoms with van der Waals surface area (Å²) in [5.41, 5.74) is 1.25. The van der Waals surface area contributed by atoms with E-state index in [2.05, 4.69) is 46.9 Å². The minimum atomic E-state index is 0.558. The monoisotopic (exact) mass is 318 g/mol. The molecule has 1 aliphatic heterocycles. The Hall–Kier alpha value is -0.900. The number of hydrogen-bond donors (Lipinski definition) is 0. The Morgan fingerprint density at radius 1 is 1.04 bits per heavy atom. The van der Waals surface area contributed by atoms with Crippen LogP contribution >= 0.6 is 0 Å². The fourth-order valence-electron chi connectivity index (χ4n) is 4.48. The van der Waals surface area contributed by atoms with Crippen LogP contribution in [0.1, 0.15) is 89.8 Å². The molecule has 4 nitrogen and oxygen atoms in total. The third kappa shape index (κ3) is 4.34. The third-order valence-corrected chi connectivity index (χ3v) is 5.86. The van der Waals surface area contributed by atoms with Crippen LogP contribution in [0, 0.1) is 5.92 Å². The Labute approximate surface area is 141 Å². The summed E-state index contributed by atoms with van der Waals surface area (Å²) in [7, 11) is 0. The number of rotatable bonds is 5. The van der Waals surface area contributed by atoms with Gasteiger partial charge in [-0.2, -0.15) is 0 Å². The molecule has 0 amide bonds. The van der Waals surface area contributed by atoms with E-state index in [0.29, 0.717) is 18.0 Å². The molecule has 0 spiro atoms. The van der Waals surface area contributed by atoms with Crippen molar-refractivity contribution in [1.29, 1.82) is 0 Å². The van der Waals surface area contributed by atoms with Crippen LogP contribution in [0.2, 0.25) is 0 Å². The second-order valence-corrected chi connectivity index (χ2v) is 8.20. The van der Waals surface area contributed by atoms with Crippen molar-refractivity contribution in [2.75, 3.05) is 13.1 Å². The summed E-state index contributed by atoms with van der Waals surface area (Å²) < 4.78 is 2.17. The fourth-order valence-corrected chi connectivity index (χ4v) is 4.48. The number of hydrogen-bond acceptors (Lipinski definition) is 3. The van der Waals surface area contributed by atoms with Crippen molar-refractivity contribution in [2.45, 2.75) is 90.1 Å². The summed E-state index contributed by atoms with van der Waals surface area (Å²) in [5, 5.41) is 8.99. The van der Waals surface area contributed by atoms with Gasteiger partial charge in [-0.05, 0) is 44.9 Å². The first kappa shape index (κ1) is 16.9. The van der Waals surface area contributed by atoms with Crippen molar-refractivity contribution < 1.29 is 0 Å². The maximum atomic E-state index is 4.51. The molecule has 2 aliphatic rings.